The van der Waals surface area contributed by atoms with Gasteiger partial charge < -0.3 is 10.4 Å². The first-order valence-corrected chi connectivity index (χ1v) is 5.52. The summed E-state index contributed by atoms with van der Waals surface area (Å²) in [4.78, 5) is 10.4. The van der Waals surface area contributed by atoms with E-state index >= 15 is 0 Å². The Morgan fingerprint density at radius 2 is 2.05 bits per heavy atom. The van der Waals surface area contributed by atoms with Gasteiger partial charge in [0.05, 0.1) is 5.56 Å². The van der Waals surface area contributed by atoms with Gasteiger partial charge in [-0.15, -0.1) is 0 Å². The second-order valence-electron chi connectivity index (χ2n) is 4.21. The molecule has 1 aromatic carbocycles. The zero-order chi connectivity index (χ0) is 14.6. The van der Waals surface area contributed by atoms with Crippen LogP contribution in [0.15, 0.2) is 29.8 Å². The Labute approximate surface area is 108 Å². The van der Waals surface area contributed by atoms with Crippen molar-refractivity contribution in [2.75, 3.05) is 11.9 Å². The van der Waals surface area contributed by atoms with Gasteiger partial charge in [0.1, 0.15) is 0 Å². The van der Waals surface area contributed by atoms with E-state index in [4.69, 9.17) is 5.11 Å². The van der Waals surface area contributed by atoms with Crippen molar-refractivity contribution in [2.45, 2.75) is 20.0 Å². The monoisotopic (exact) mass is 273 g/mol. The van der Waals surface area contributed by atoms with E-state index < -0.39 is 17.7 Å². The fourth-order valence-electron chi connectivity index (χ4n) is 1.54. The number of benzene rings is 1. The van der Waals surface area contributed by atoms with Crippen molar-refractivity contribution in [1.29, 1.82) is 0 Å². The molecule has 0 saturated heterocycles. The third-order valence-electron chi connectivity index (χ3n) is 2.48. The van der Waals surface area contributed by atoms with Crippen LogP contribution in [0.4, 0.5) is 18.9 Å². The number of nitrogens with one attached hydrogen (secondary N) is 1. The highest BCUT2D eigenvalue weighted by Gasteiger charge is 2.32. The van der Waals surface area contributed by atoms with Gasteiger partial charge in [0.2, 0.25) is 0 Å². The molecule has 0 radical (unpaired) electrons. The maximum Gasteiger partial charge on any atom is 0.416 e. The number of anilines is 1. The lowest BCUT2D eigenvalue weighted by Gasteiger charge is -2.13. The van der Waals surface area contributed by atoms with E-state index in [1.54, 1.807) is 6.92 Å². The normalized spacial score (nSPS) is 12.4. The van der Waals surface area contributed by atoms with Gasteiger partial charge in [-0.2, -0.15) is 13.2 Å². The topological polar surface area (TPSA) is 49.3 Å². The number of hydrogen-bond donors (Lipinski definition) is 2. The number of alkyl halides is 3. The number of aryl methyl sites for hydroxylation is 1. The SMILES string of the molecule is C/C(=C/C(=O)O)CNc1ccc(C)c(C(F)(F)F)c1. The van der Waals surface area contributed by atoms with Crippen LogP contribution in [0.25, 0.3) is 0 Å². The van der Waals surface area contributed by atoms with E-state index in [-0.39, 0.29) is 12.1 Å². The second-order valence-corrected chi connectivity index (χ2v) is 4.21. The molecule has 2 N–H and O–H groups in total. The Bertz CT molecular complexity index is 507. The first kappa shape index (κ1) is 15.1. The molecule has 0 aliphatic rings. The van der Waals surface area contributed by atoms with Crippen LogP contribution in [0.5, 0.6) is 0 Å². The van der Waals surface area contributed by atoms with E-state index in [0.717, 1.165) is 12.1 Å². The molecule has 6 heteroatoms. The molecule has 3 nitrogen and oxygen atoms in total. The van der Waals surface area contributed by atoms with Crippen molar-refractivity contribution in [2.24, 2.45) is 0 Å². The van der Waals surface area contributed by atoms with Crippen molar-refractivity contribution in [3.05, 3.63) is 41.0 Å². The second kappa shape index (κ2) is 5.77. The maximum atomic E-state index is 12.7. The summed E-state index contributed by atoms with van der Waals surface area (Å²) >= 11 is 0. The van der Waals surface area contributed by atoms with Crippen LogP contribution in [-0.2, 0) is 11.0 Å². The molecule has 0 atom stereocenters. The number of carbonyl (C=O) groups is 1. The molecule has 0 bridgehead atoms. The summed E-state index contributed by atoms with van der Waals surface area (Å²) in [6.45, 7) is 3.15. The number of halogens is 3. The van der Waals surface area contributed by atoms with Crippen molar-refractivity contribution >= 4 is 11.7 Å². The largest absolute Gasteiger partial charge is 0.478 e. The highest BCUT2D eigenvalue weighted by Crippen LogP contribution is 2.33. The summed E-state index contributed by atoms with van der Waals surface area (Å²) in [5, 5.41) is 11.3. The Hall–Kier alpha value is -1.98. The lowest BCUT2D eigenvalue weighted by Crippen LogP contribution is -2.10. The number of aliphatic carboxylic acids is 1. The van der Waals surface area contributed by atoms with E-state index in [9.17, 15) is 18.0 Å². The number of carboxylic acids is 1. The van der Waals surface area contributed by atoms with Crippen LogP contribution in [0, 0.1) is 6.92 Å². The van der Waals surface area contributed by atoms with Gasteiger partial charge in [0.25, 0.3) is 0 Å². The molecule has 0 aromatic heterocycles. The van der Waals surface area contributed by atoms with E-state index in [0.29, 0.717) is 11.3 Å². The highest BCUT2D eigenvalue weighted by molar-refractivity contribution is 5.80. The van der Waals surface area contributed by atoms with Gasteiger partial charge in [-0.1, -0.05) is 6.07 Å². The van der Waals surface area contributed by atoms with E-state index in [1.165, 1.54) is 19.1 Å². The summed E-state index contributed by atoms with van der Waals surface area (Å²) in [5.41, 5.74) is 0.269. The van der Waals surface area contributed by atoms with Gasteiger partial charge in [-0.3, -0.25) is 0 Å². The molecule has 1 aromatic rings. The van der Waals surface area contributed by atoms with Crippen molar-refractivity contribution in [3.8, 4) is 0 Å². The molecule has 0 amide bonds. The fraction of sp³-hybridized carbons (Fsp3) is 0.308. The summed E-state index contributed by atoms with van der Waals surface area (Å²) in [7, 11) is 0. The molecule has 1 rings (SSSR count). The lowest BCUT2D eigenvalue weighted by molar-refractivity contribution is -0.138. The molecular formula is C13H14F3NO2. The smallest absolute Gasteiger partial charge is 0.416 e. The Morgan fingerprint density at radius 3 is 2.58 bits per heavy atom. The maximum absolute atomic E-state index is 12.7. The molecule has 0 unspecified atom stereocenters. The standard InChI is InChI=1S/C13H14F3NO2/c1-8(5-12(18)19)7-17-10-4-3-9(2)11(6-10)13(14,15)16/h3-6,17H,7H2,1-2H3,(H,18,19)/b8-5-. The van der Waals surface area contributed by atoms with Crippen LogP contribution in [0.3, 0.4) is 0 Å². The first-order chi connectivity index (χ1) is 8.70. The molecule has 0 heterocycles. The predicted molar refractivity (Wildman–Crippen MR) is 66.1 cm³/mol. The minimum atomic E-state index is -4.40. The van der Waals surface area contributed by atoms with Gasteiger partial charge >= 0.3 is 12.1 Å². The fourth-order valence-corrected chi connectivity index (χ4v) is 1.54. The van der Waals surface area contributed by atoms with Gasteiger partial charge in [0.15, 0.2) is 0 Å². The number of rotatable bonds is 4. The van der Waals surface area contributed by atoms with Gasteiger partial charge in [0, 0.05) is 18.3 Å². The average Bonchev–Trinajstić information content (AvgIpc) is 2.25. The molecule has 0 spiro atoms. The summed E-state index contributed by atoms with van der Waals surface area (Å²) in [6.07, 6.45) is -3.39. The summed E-state index contributed by atoms with van der Waals surface area (Å²) in [5.74, 6) is -1.08. The summed E-state index contributed by atoms with van der Waals surface area (Å²) < 4.78 is 38.0. The van der Waals surface area contributed by atoms with Crippen LogP contribution in [0.1, 0.15) is 18.1 Å². The third kappa shape index (κ3) is 4.65. The van der Waals surface area contributed by atoms with E-state index in [1.807, 2.05) is 0 Å². The first-order valence-electron chi connectivity index (χ1n) is 5.52. The molecule has 19 heavy (non-hydrogen) atoms. The van der Waals surface area contributed by atoms with Crippen LogP contribution >= 0.6 is 0 Å². The molecular weight excluding hydrogens is 259 g/mol. The van der Waals surface area contributed by atoms with E-state index in [2.05, 4.69) is 5.32 Å². The number of carboxylic acid groups (broad SMARTS) is 1. The molecule has 0 aliphatic heterocycles. The Balaban J connectivity index is 2.84. The Kier molecular flexibility index (Phi) is 4.58. The zero-order valence-electron chi connectivity index (χ0n) is 10.5. The van der Waals surface area contributed by atoms with Crippen molar-refractivity contribution in [1.82, 2.24) is 0 Å². The average molecular weight is 273 g/mol. The highest BCUT2D eigenvalue weighted by atomic mass is 19.4. The quantitative estimate of drug-likeness (QED) is 0.826. The van der Waals surface area contributed by atoms with Gasteiger partial charge in [-0.25, -0.2) is 4.79 Å². The molecule has 0 fully saturated rings. The molecule has 0 saturated carbocycles. The number of hydrogen-bond acceptors (Lipinski definition) is 2. The van der Waals surface area contributed by atoms with Crippen molar-refractivity contribution in [3.63, 3.8) is 0 Å². The summed E-state index contributed by atoms with van der Waals surface area (Å²) in [6, 6.07) is 3.92. The third-order valence-corrected chi connectivity index (χ3v) is 2.48. The van der Waals surface area contributed by atoms with Crippen molar-refractivity contribution < 1.29 is 23.1 Å². The molecule has 104 valence electrons. The van der Waals surface area contributed by atoms with Crippen LogP contribution < -0.4 is 5.32 Å². The van der Waals surface area contributed by atoms with Crippen LogP contribution in [-0.4, -0.2) is 17.6 Å². The Morgan fingerprint density at radius 1 is 1.42 bits per heavy atom. The lowest BCUT2D eigenvalue weighted by atomic mass is 10.1. The van der Waals surface area contributed by atoms with Gasteiger partial charge in [-0.05, 0) is 37.1 Å². The minimum absolute atomic E-state index is 0.149. The van der Waals surface area contributed by atoms with Crippen LogP contribution in [0.2, 0.25) is 0 Å². The zero-order valence-corrected chi connectivity index (χ0v) is 10.5. The predicted octanol–water partition coefficient (Wildman–Crippen LogP) is 3.46. The minimum Gasteiger partial charge on any atom is -0.478 e. The molecule has 0 aliphatic carbocycles.